The summed E-state index contributed by atoms with van der Waals surface area (Å²) in [5.41, 5.74) is 8.79. The van der Waals surface area contributed by atoms with Crippen molar-refractivity contribution in [2.75, 3.05) is 5.73 Å². The van der Waals surface area contributed by atoms with Gasteiger partial charge in [0.05, 0.1) is 0 Å². The van der Waals surface area contributed by atoms with Crippen LogP contribution in [0, 0.1) is 0 Å². The van der Waals surface area contributed by atoms with Gasteiger partial charge in [0.25, 0.3) is 0 Å². The summed E-state index contributed by atoms with van der Waals surface area (Å²) in [4.78, 5) is 0. The van der Waals surface area contributed by atoms with Crippen LogP contribution in [0.5, 0.6) is 5.75 Å². The van der Waals surface area contributed by atoms with E-state index in [1.165, 1.54) is 5.56 Å². The summed E-state index contributed by atoms with van der Waals surface area (Å²) in [6.07, 6.45) is 0. The number of nitrogens with two attached hydrogens (primary N) is 1. The van der Waals surface area contributed by atoms with Crippen molar-refractivity contribution >= 4 is 5.69 Å². The normalized spacial score (nSPS) is 11.4. The molecule has 17 heavy (non-hydrogen) atoms. The third-order valence-corrected chi connectivity index (χ3v) is 3.20. The van der Waals surface area contributed by atoms with E-state index in [0.717, 1.165) is 11.3 Å². The van der Waals surface area contributed by atoms with Crippen LogP contribution in [0.3, 0.4) is 0 Å². The lowest BCUT2D eigenvalue weighted by atomic mass is 9.78. The maximum Gasteiger partial charge on any atom is 0.115 e. The number of hydrogen-bond donors (Lipinski definition) is 2. The first-order valence-electron chi connectivity index (χ1n) is 5.66. The Morgan fingerprint density at radius 3 is 2.18 bits per heavy atom. The molecule has 2 nitrogen and oxygen atoms in total. The molecule has 2 aromatic carbocycles. The summed E-state index contributed by atoms with van der Waals surface area (Å²) < 4.78 is 0. The molecule has 3 N–H and O–H groups in total. The molecule has 0 unspecified atom stereocenters. The molecular formula is C15H17NO. The quantitative estimate of drug-likeness (QED) is 0.773. The van der Waals surface area contributed by atoms with E-state index in [9.17, 15) is 5.11 Å². The molecule has 0 aromatic heterocycles. The molecule has 0 atom stereocenters. The van der Waals surface area contributed by atoms with Crippen LogP contribution >= 0.6 is 0 Å². The van der Waals surface area contributed by atoms with Gasteiger partial charge >= 0.3 is 0 Å². The first-order valence-corrected chi connectivity index (χ1v) is 5.66. The van der Waals surface area contributed by atoms with Gasteiger partial charge in [-0.2, -0.15) is 0 Å². The molecule has 0 bridgehead atoms. The second-order valence-corrected chi connectivity index (χ2v) is 4.80. The van der Waals surface area contributed by atoms with Crippen molar-refractivity contribution in [2.45, 2.75) is 19.3 Å². The highest BCUT2D eigenvalue weighted by Crippen LogP contribution is 2.32. The van der Waals surface area contributed by atoms with Crippen LogP contribution in [0.4, 0.5) is 5.69 Å². The largest absolute Gasteiger partial charge is 0.508 e. The lowest BCUT2D eigenvalue weighted by molar-refractivity contribution is 0.474. The number of aromatic hydroxyl groups is 1. The van der Waals surface area contributed by atoms with Crippen LogP contribution < -0.4 is 5.73 Å². The Labute approximate surface area is 102 Å². The molecule has 2 rings (SSSR count). The Kier molecular flexibility index (Phi) is 2.80. The molecule has 0 spiro atoms. The Morgan fingerprint density at radius 2 is 1.59 bits per heavy atom. The molecule has 0 saturated carbocycles. The molecule has 0 aliphatic heterocycles. The van der Waals surface area contributed by atoms with Crippen molar-refractivity contribution in [3.8, 4) is 5.75 Å². The summed E-state index contributed by atoms with van der Waals surface area (Å²) in [5.74, 6) is 0.289. The zero-order chi connectivity index (χ0) is 12.5. The minimum Gasteiger partial charge on any atom is -0.508 e. The minimum atomic E-state index is -0.122. The fourth-order valence-corrected chi connectivity index (χ4v) is 1.97. The second kappa shape index (κ2) is 4.13. The first-order chi connectivity index (χ1) is 8.00. The fraction of sp³-hybridized carbons (Fsp3) is 0.200. The van der Waals surface area contributed by atoms with Crippen LogP contribution in [0.1, 0.15) is 25.0 Å². The van der Waals surface area contributed by atoms with E-state index in [2.05, 4.69) is 19.9 Å². The predicted molar refractivity (Wildman–Crippen MR) is 71.1 cm³/mol. The SMILES string of the molecule is CC(C)(c1ccc(O)cc1)c1cccc(N)c1. The number of rotatable bonds is 2. The van der Waals surface area contributed by atoms with Crippen LogP contribution in [0.2, 0.25) is 0 Å². The van der Waals surface area contributed by atoms with Gasteiger partial charge in [0.2, 0.25) is 0 Å². The minimum absolute atomic E-state index is 0.122. The number of anilines is 1. The van der Waals surface area contributed by atoms with Gasteiger partial charge in [-0.25, -0.2) is 0 Å². The van der Waals surface area contributed by atoms with Gasteiger partial charge in [-0.05, 0) is 35.4 Å². The highest BCUT2D eigenvalue weighted by molar-refractivity contribution is 5.47. The van der Waals surface area contributed by atoms with E-state index >= 15 is 0 Å². The zero-order valence-electron chi connectivity index (χ0n) is 10.1. The Morgan fingerprint density at radius 1 is 0.941 bits per heavy atom. The van der Waals surface area contributed by atoms with Crippen LogP contribution in [0.25, 0.3) is 0 Å². The lowest BCUT2D eigenvalue weighted by Crippen LogP contribution is -2.18. The third kappa shape index (κ3) is 2.26. The Balaban J connectivity index is 2.45. The van der Waals surface area contributed by atoms with Crippen LogP contribution in [-0.4, -0.2) is 5.11 Å². The number of phenols is 1. The average Bonchev–Trinajstić information content (AvgIpc) is 2.29. The topological polar surface area (TPSA) is 46.2 Å². The van der Waals surface area contributed by atoms with Gasteiger partial charge in [-0.15, -0.1) is 0 Å². The molecule has 0 heterocycles. The zero-order valence-corrected chi connectivity index (χ0v) is 10.1. The molecule has 0 aliphatic carbocycles. The van der Waals surface area contributed by atoms with E-state index in [4.69, 9.17) is 5.73 Å². The van der Waals surface area contributed by atoms with Gasteiger partial charge in [0, 0.05) is 11.1 Å². The van der Waals surface area contributed by atoms with Crippen molar-refractivity contribution in [3.05, 3.63) is 59.7 Å². The van der Waals surface area contributed by atoms with Crippen LogP contribution in [-0.2, 0) is 5.41 Å². The molecule has 0 aliphatic rings. The average molecular weight is 227 g/mol. The fourth-order valence-electron chi connectivity index (χ4n) is 1.97. The van der Waals surface area contributed by atoms with Crippen molar-refractivity contribution in [1.29, 1.82) is 0 Å². The van der Waals surface area contributed by atoms with Crippen LogP contribution in [0.15, 0.2) is 48.5 Å². The highest BCUT2D eigenvalue weighted by Gasteiger charge is 2.22. The molecular weight excluding hydrogens is 210 g/mol. The predicted octanol–water partition coefficient (Wildman–Crippen LogP) is 3.30. The summed E-state index contributed by atoms with van der Waals surface area (Å²) in [6, 6.07) is 15.2. The standard InChI is InChI=1S/C15H17NO/c1-15(2,11-6-8-14(17)9-7-11)12-4-3-5-13(16)10-12/h3-10,17H,16H2,1-2H3. The van der Waals surface area contributed by atoms with Crippen molar-refractivity contribution in [1.82, 2.24) is 0 Å². The summed E-state index contributed by atoms with van der Waals surface area (Å²) >= 11 is 0. The van der Waals surface area contributed by atoms with Gasteiger partial charge in [0.15, 0.2) is 0 Å². The van der Waals surface area contributed by atoms with Gasteiger partial charge in [-0.3, -0.25) is 0 Å². The number of phenolic OH excluding ortho intramolecular Hbond substituents is 1. The van der Waals surface area contributed by atoms with Crippen molar-refractivity contribution < 1.29 is 5.11 Å². The lowest BCUT2D eigenvalue weighted by Gasteiger charge is -2.26. The number of hydrogen-bond acceptors (Lipinski definition) is 2. The van der Waals surface area contributed by atoms with Crippen molar-refractivity contribution in [2.24, 2.45) is 0 Å². The van der Waals surface area contributed by atoms with E-state index in [-0.39, 0.29) is 11.2 Å². The monoisotopic (exact) mass is 227 g/mol. The van der Waals surface area contributed by atoms with Gasteiger partial charge < -0.3 is 10.8 Å². The molecule has 2 heteroatoms. The van der Waals surface area contributed by atoms with Gasteiger partial charge in [0.1, 0.15) is 5.75 Å². The second-order valence-electron chi connectivity index (χ2n) is 4.80. The molecule has 88 valence electrons. The number of benzene rings is 2. The molecule has 0 amide bonds. The summed E-state index contributed by atoms with van der Waals surface area (Å²) in [5, 5.41) is 9.32. The molecule has 2 aromatic rings. The first kappa shape index (κ1) is 11.5. The maximum absolute atomic E-state index is 9.32. The van der Waals surface area contributed by atoms with E-state index in [1.54, 1.807) is 12.1 Å². The third-order valence-electron chi connectivity index (χ3n) is 3.20. The Bertz CT molecular complexity index is 515. The maximum atomic E-state index is 9.32. The number of nitrogen functional groups attached to an aromatic ring is 1. The Hall–Kier alpha value is -1.96. The summed E-state index contributed by atoms with van der Waals surface area (Å²) in [7, 11) is 0. The summed E-state index contributed by atoms with van der Waals surface area (Å²) in [6.45, 7) is 4.29. The molecule has 0 radical (unpaired) electrons. The van der Waals surface area contributed by atoms with E-state index < -0.39 is 0 Å². The van der Waals surface area contributed by atoms with E-state index in [1.807, 2.05) is 30.3 Å². The van der Waals surface area contributed by atoms with Crippen molar-refractivity contribution in [3.63, 3.8) is 0 Å². The highest BCUT2D eigenvalue weighted by atomic mass is 16.3. The smallest absolute Gasteiger partial charge is 0.115 e. The molecule has 0 fully saturated rings. The molecule has 0 saturated heterocycles. The van der Waals surface area contributed by atoms with Gasteiger partial charge in [-0.1, -0.05) is 38.1 Å². The van der Waals surface area contributed by atoms with E-state index in [0.29, 0.717) is 0 Å².